The van der Waals surface area contributed by atoms with Gasteiger partial charge >= 0.3 is 0 Å². The lowest BCUT2D eigenvalue weighted by atomic mass is 10.1. The summed E-state index contributed by atoms with van der Waals surface area (Å²) in [6, 6.07) is 10.7. The molecule has 0 aliphatic heterocycles. The summed E-state index contributed by atoms with van der Waals surface area (Å²) in [7, 11) is -1.55. The van der Waals surface area contributed by atoms with E-state index >= 15 is 0 Å². The van der Waals surface area contributed by atoms with Crippen LogP contribution in [-0.2, 0) is 14.8 Å². The predicted octanol–water partition coefficient (Wildman–Crippen LogP) is 3.05. The quantitative estimate of drug-likeness (QED) is 0.657. The number of thioether (sulfide) groups is 1. The molecule has 0 fully saturated rings. The zero-order chi connectivity index (χ0) is 20.9. The van der Waals surface area contributed by atoms with Gasteiger partial charge in [0.05, 0.1) is 19.7 Å². The Hall–Kier alpha value is -2.10. The predicted molar refractivity (Wildman–Crippen MR) is 108 cm³/mol. The lowest BCUT2D eigenvalue weighted by Crippen LogP contribution is -2.39. The minimum atomic E-state index is -4.10. The summed E-state index contributed by atoms with van der Waals surface area (Å²) in [4.78, 5) is 13.1. The summed E-state index contributed by atoms with van der Waals surface area (Å²) in [5, 5.41) is 2.77. The van der Waals surface area contributed by atoms with Gasteiger partial charge in [-0.1, -0.05) is 12.1 Å². The third kappa shape index (κ3) is 5.24. The molecule has 1 N–H and O–H groups in total. The van der Waals surface area contributed by atoms with Crippen LogP contribution in [0.4, 0.5) is 4.39 Å². The van der Waals surface area contributed by atoms with Gasteiger partial charge in [0.15, 0.2) is 0 Å². The van der Waals surface area contributed by atoms with Gasteiger partial charge in [-0.15, -0.1) is 11.8 Å². The zero-order valence-electron chi connectivity index (χ0n) is 16.1. The second-order valence-electron chi connectivity index (χ2n) is 6.12. The zero-order valence-corrected chi connectivity index (χ0v) is 17.7. The highest BCUT2D eigenvalue weighted by atomic mass is 32.2. The van der Waals surface area contributed by atoms with Crippen molar-refractivity contribution in [3.63, 3.8) is 0 Å². The van der Waals surface area contributed by atoms with Crippen molar-refractivity contribution in [2.75, 3.05) is 27.0 Å². The smallest absolute Gasteiger partial charge is 0.247 e. The average molecular weight is 427 g/mol. The fraction of sp³-hybridized carbons (Fsp3) is 0.316. The van der Waals surface area contributed by atoms with Gasteiger partial charge in [0.25, 0.3) is 0 Å². The molecule has 152 valence electrons. The molecule has 0 heterocycles. The van der Waals surface area contributed by atoms with Crippen molar-refractivity contribution in [2.45, 2.75) is 22.8 Å². The molecular weight excluding hydrogens is 403 g/mol. The van der Waals surface area contributed by atoms with Gasteiger partial charge in [-0.3, -0.25) is 4.79 Å². The molecule has 0 spiro atoms. The monoisotopic (exact) mass is 426 g/mol. The Labute approximate surface area is 169 Å². The van der Waals surface area contributed by atoms with Gasteiger partial charge in [0.1, 0.15) is 16.5 Å². The maximum absolute atomic E-state index is 13.5. The Morgan fingerprint density at radius 3 is 2.46 bits per heavy atom. The summed E-state index contributed by atoms with van der Waals surface area (Å²) in [5.74, 6) is -1.17. The highest BCUT2D eigenvalue weighted by Crippen LogP contribution is 2.27. The minimum Gasteiger partial charge on any atom is -0.495 e. The molecule has 2 rings (SSSR count). The first-order valence-corrected chi connectivity index (χ1v) is 11.1. The summed E-state index contributed by atoms with van der Waals surface area (Å²) in [6.45, 7) is 1.41. The van der Waals surface area contributed by atoms with Gasteiger partial charge in [0, 0.05) is 11.9 Å². The molecule has 1 amide bonds. The number of carbonyl (C=O) groups is 1. The molecule has 0 unspecified atom stereocenters. The van der Waals surface area contributed by atoms with E-state index in [1.165, 1.54) is 20.2 Å². The number of likely N-dealkylation sites (N-methyl/N-ethyl adjacent to an activating group) is 1. The third-order valence-corrected chi connectivity index (χ3v) is 6.74. The molecule has 1 atom stereocenters. The van der Waals surface area contributed by atoms with E-state index in [1.807, 2.05) is 37.4 Å². The Kier molecular flexibility index (Phi) is 7.45. The molecule has 28 heavy (non-hydrogen) atoms. The first-order valence-electron chi connectivity index (χ1n) is 8.42. The Morgan fingerprint density at radius 1 is 1.25 bits per heavy atom. The molecule has 0 bridgehead atoms. The first kappa shape index (κ1) is 22.2. The van der Waals surface area contributed by atoms with E-state index in [0.29, 0.717) is 0 Å². The lowest BCUT2D eigenvalue weighted by Gasteiger charge is -2.20. The number of carbonyl (C=O) groups excluding carboxylic acids is 1. The second-order valence-corrected chi connectivity index (χ2v) is 9.01. The molecule has 6 nitrogen and oxygen atoms in total. The minimum absolute atomic E-state index is 0.0101. The Bertz CT molecular complexity index is 933. The van der Waals surface area contributed by atoms with Crippen molar-refractivity contribution in [1.29, 1.82) is 0 Å². The van der Waals surface area contributed by atoms with Crippen LogP contribution in [0.25, 0.3) is 0 Å². The van der Waals surface area contributed by atoms with E-state index in [1.54, 1.807) is 11.8 Å². The fourth-order valence-electron chi connectivity index (χ4n) is 2.57. The van der Waals surface area contributed by atoms with Crippen LogP contribution in [-0.4, -0.2) is 45.6 Å². The van der Waals surface area contributed by atoms with Crippen LogP contribution in [0.5, 0.6) is 5.75 Å². The maximum Gasteiger partial charge on any atom is 0.247 e. The van der Waals surface area contributed by atoms with Crippen molar-refractivity contribution in [3.8, 4) is 5.75 Å². The highest BCUT2D eigenvalue weighted by Gasteiger charge is 2.27. The molecule has 9 heteroatoms. The number of methoxy groups -OCH3 is 1. The van der Waals surface area contributed by atoms with E-state index < -0.39 is 28.3 Å². The maximum atomic E-state index is 13.5. The van der Waals surface area contributed by atoms with Gasteiger partial charge in [-0.25, -0.2) is 12.8 Å². The van der Waals surface area contributed by atoms with Gasteiger partial charge in [-0.05, 0) is 49.1 Å². The van der Waals surface area contributed by atoms with Crippen molar-refractivity contribution < 1.29 is 22.3 Å². The number of amides is 1. The Morgan fingerprint density at radius 2 is 1.89 bits per heavy atom. The van der Waals surface area contributed by atoms with Crippen LogP contribution in [0.3, 0.4) is 0 Å². The number of hydrogen-bond acceptors (Lipinski definition) is 5. The molecule has 2 aromatic rings. The van der Waals surface area contributed by atoms with Crippen LogP contribution in [0.15, 0.2) is 52.3 Å². The molecule has 0 saturated heterocycles. The topological polar surface area (TPSA) is 75.7 Å². The standard InChI is InChI=1S/C19H23FN2O4S2/c1-13(14-5-8-16(27-4)9-6-14)21-19(23)12-22(2)28(24,25)18-11-15(20)7-10-17(18)26-3/h5-11,13H,12H2,1-4H3,(H,21,23)/t13-/m1/s1. The van der Waals surface area contributed by atoms with Gasteiger partial charge < -0.3 is 10.1 Å². The largest absolute Gasteiger partial charge is 0.495 e. The van der Waals surface area contributed by atoms with Gasteiger partial charge in [-0.2, -0.15) is 4.31 Å². The number of ether oxygens (including phenoxy) is 1. The molecule has 0 radical (unpaired) electrons. The number of halogens is 1. The summed E-state index contributed by atoms with van der Waals surface area (Å²) in [6.07, 6.45) is 1.98. The van der Waals surface area contributed by atoms with Crippen molar-refractivity contribution in [3.05, 3.63) is 53.8 Å². The van der Waals surface area contributed by atoms with Crippen LogP contribution >= 0.6 is 11.8 Å². The van der Waals surface area contributed by atoms with Gasteiger partial charge in [0.2, 0.25) is 15.9 Å². The first-order chi connectivity index (χ1) is 13.2. The van der Waals surface area contributed by atoms with E-state index in [4.69, 9.17) is 4.74 Å². The number of benzene rings is 2. The van der Waals surface area contributed by atoms with Crippen LogP contribution in [0, 0.1) is 5.82 Å². The molecule has 2 aromatic carbocycles. The molecule has 0 saturated carbocycles. The van der Waals surface area contributed by atoms with Crippen molar-refractivity contribution >= 4 is 27.7 Å². The molecule has 0 aliphatic rings. The highest BCUT2D eigenvalue weighted by molar-refractivity contribution is 7.98. The van der Waals surface area contributed by atoms with Crippen LogP contribution < -0.4 is 10.1 Å². The van der Waals surface area contributed by atoms with Crippen molar-refractivity contribution in [2.24, 2.45) is 0 Å². The second kappa shape index (κ2) is 9.40. The molecule has 0 aliphatic carbocycles. The number of nitrogens with one attached hydrogen (secondary N) is 1. The third-order valence-electron chi connectivity index (χ3n) is 4.17. The fourth-order valence-corrected chi connectivity index (χ4v) is 4.27. The van der Waals surface area contributed by atoms with Crippen LogP contribution in [0.2, 0.25) is 0 Å². The van der Waals surface area contributed by atoms with E-state index in [0.717, 1.165) is 26.9 Å². The normalized spacial score (nSPS) is 12.6. The van der Waals surface area contributed by atoms with E-state index in [9.17, 15) is 17.6 Å². The SMILES string of the molecule is COc1ccc(F)cc1S(=O)(=O)N(C)CC(=O)N[C@H](C)c1ccc(SC)cc1. The van der Waals surface area contributed by atoms with E-state index in [2.05, 4.69) is 5.32 Å². The molecule has 0 aromatic heterocycles. The Balaban J connectivity index is 2.09. The average Bonchev–Trinajstić information content (AvgIpc) is 2.67. The summed E-state index contributed by atoms with van der Waals surface area (Å²) >= 11 is 1.62. The van der Waals surface area contributed by atoms with Crippen LogP contribution in [0.1, 0.15) is 18.5 Å². The number of nitrogens with zero attached hydrogens (tertiary/aromatic N) is 1. The number of rotatable bonds is 8. The number of hydrogen-bond donors (Lipinski definition) is 1. The number of sulfonamides is 1. The summed E-state index contributed by atoms with van der Waals surface area (Å²) in [5.41, 5.74) is 0.906. The lowest BCUT2D eigenvalue weighted by molar-refractivity contribution is -0.121. The summed E-state index contributed by atoms with van der Waals surface area (Å²) < 4.78 is 44.9. The van der Waals surface area contributed by atoms with Crippen molar-refractivity contribution in [1.82, 2.24) is 9.62 Å². The molecular formula is C19H23FN2O4S2. The van der Waals surface area contributed by atoms with E-state index in [-0.39, 0.29) is 16.7 Å².